The normalized spacial score (nSPS) is 22.8. The van der Waals surface area contributed by atoms with E-state index in [-0.39, 0.29) is 17.8 Å². The van der Waals surface area contributed by atoms with E-state index in [2.05, 4.69) is 5.32 Å². The number of anilines is 1. The fraction of sp³-hybridized carbons (Fsp3) is 0.538. The molecule has 6 heteroatoms. The maximum Gasteiger partial charge on any atom is 0.292 e. The van der Waals surface area contributed by atoms with Gasteiger partial charge >= 0.3 is 0 Å². The number of benzene rings is 1. The summed E-state index contributed by atoms with van der Waals surface area (Å²) in [6, 6.07) is 4.82. The zero-order valence-electron chi connectivity index (χ0n) is 10.8. The number of aliphatic hydroxyl groups is 1. The molecule has 1 fully saturated rings. The quantitative estimate of drug-likeness (QED) is 0.645. The van der Waals surface area contributed by atoms with Crippen molar-refractivity contribution in [3.63, 3.8) is 0 Å². The van der Waals surface area contributed by atoms with Gasteiger partial charge in [-0.3, -0.25) is 10.1 Å². The van der Waals surface area contributed by atoms with Gasteiger partial charge in [0.05, 0.1) is 18.1 Å². The number of rotatable bonds is 4. The van der Waals surface area contributed by atoms with E-state index in [9.17, 15) is 15.2 Å². The van der Waals surface area contributed by atoms with Gasteiger partial charge in [0.2, 0.25) is 0 Å². The van der Waals surface area contributed by atoms with Crippen molar-refractivity contribution in [2.45, 2.75) is 37.8 Å². The second kappa shape index (κ2) is 5.88. The van der Waals surface area contributed by atoms with E-state index in [0.29, 0.717) is 11.4 Å². The summed E-state index contributed by atoms with van der Waals surface area (Å²) in [4.78, 5) is 10.6. The monoisotopic (exact) mass is 266 g/mol. The summed E-state index contributed by atoms with van der Waals surface area (Å²) in [6.45, 7) is 0. The van der Waals surface area contributed by atoms with E-state index in [4.69, 9.17) is 4.74 Å². The van der Waals surface area contributed by atoms with Crippen LogP contribution in [0.15, 0.2) is 18.2 Å². The van der Waals surface area contributed by atoms with Crippen LogP contribution in [-0.4, -0.2) is 29.3 Å². The maximum absolute atomic E-state index is 11.0. The number of hydrogen-bond donors (Lipinski definition) is 2. The smallest absolute Gasteiger partial charge is 0.292 e. The molecular weight excluding hydrogens is 248 g/mol. The lowest BCUT2D eigenvalue weighted by Crippen LogP contribution is -2.28. The first-order chi connectivity index (χ1) is 9.10. The summed E-state index contributed by atoms with van der Waals surface area (Å²) in [5.41, 5.74) is 0.526. The Hall–Kier alpha value is -1.82. The molecule has 0 spiro atoms. The van der Waals surface area contributed by atoms with E-state index >= 15 is 0 Å². The van der Waals surface area contributed by atoms with Crippen LogP contribution in [0.3, 0.4) is 0 Å². The van der Waals surface area contributed by atoms with Crippen LogP contribution < -0.4 is 10.1 Å². The second-order valence-corrected chi connectivity index (χ2v) is 4.79. The molecule has 1 aromatic rings. The van der Waals surface area contributed by atoms with Crippen molar-refractivity contribution in [2.75, 3.05) is 12.4 Å². The molecule has 0 atom stereocenters. The van der Waals surface area contributed by atoms with Gasteiger partial charge in [-0.1, -0.05) is 0 Å². The van der Waals surface area contributed by atoms with Crippen molar-refractivity contribution in [2.24, 2.45) is 0 Å². The fourth-order valence-electron chi connectivity index (χ4n) is 2.36. The Bertz CT molecular complexity index is 456. The number of methoxy groups -OCH3 is 1. The molecule has 19 heavy (non-hydrogen) atoms. The Balaban J connectivity index is 2.15. The molecule has 0 unspecified atom stereocenters. The van der Waals surface area contributed by atoms with Crippen LogP contribution in [0, 0.1) is 10.1 Å². The predicted octanol–water partition coefficient (Wildman–Crippen LogP) is 2.32. The highest BCUT2D eigenvalue weighted by Crippen LogP contribution is 2.31. The third-order valence-electron chi connectivity index (χ3n) is 3.46. The number of ether oxygens (including phenoxy) is 1. The molecule has 1 aromatic carbocycles. The molecule has 0 amide bonds. The number of nitro groups is 1. The molecule has 1 saturated carbocycles. The first-order valence-electron chi connectivity index (χ1n) is 6.37. The van der Waals surface area contributed by atoms with Gasteiger partial charge in [-0.05, 0) is 31.7 Å². The van der Waals surface area contributed by atoms with Crippen LogP contribution in [0.2, 0.25) is 0 Å². The van der Waals surface area contributed by atoms with Gasteiger partial charge < -0.3 is 15.2 Å². The lowest BCUT2D eigenvalue weighted by molar-refractivity contribution is -0.384. The van der Waals surface area contributed by atoms with Crippen LogP contribution in [0.1, 0.15) is 25.7 Å². The van der Waals surface area contributed by atoms with Gasteiger partial charge in [0.25, 0.3) is 5.69 Å². The van der Waals surface area contributed by atoms with Crippen molar-refractivity contribution >= 4 is 11.4 Å². The van der Waals surface area contributed by atoms with Crippen LogP contribution in [0.4, 0.5) is 11.4 Å². The number of nitrogens with one attached hydrogen (secondary N) is 1. The molecular formula is C13H18N2O4. The van der Waals surface area contributed by atoms with Crippen molar-refractivity contribution in [1.29, 1.82) is 0 Å². The number of aliphatic hydroxyl groups excluding tert-OH is 1. The van der Waals surface area contributed by atoms with Crippen LogP contribution in [0.5, 0.6) is 5.75 Å². The Morgan fingerprint density at radius 3 is 2.63 bits per heavy atom. The highest BCUT2D eigenvalue weighted by atomic mass is 16.6. The van der Waals surface area contributed by atoms with Crippen LogP contribution in [-0.2, 0) is 0 Å². The number of nitrogens with zero attached hydrogens (tertiary/aromatic N) is 1. The predicted molar refractivity (Wildman–Crippen MR) is 71.5 cm³/mol. The molecule has 104 valence electrons. The first-order valence-corrected chi connectivity index (χ1v) is 6.37. The van der Waals surface area contributed by atoms with Crippen molar-refractivity contribution in [3.8, 4) is 5.75 Å². The van der Waals surface area contributed by atoms with Crippen molar-refractivity contribution in [3.05, 3.63) is 28.3 Å². The number of hydrogen-bond acceptors (Lipinski definition) is 5. The van der Waals surface area contributed by atoms with Gasteiger partial charge in [0.15, 0.2) is 0 Å². The zero-order valence-corrected chi connectivity index (χ0v) is 10.8. The van der Waals surface area contributed by atoms with Crippen LogP contribution in [0.25, 0.3) is 0 Å². The first kappa shape index (κ1) is 13.6. The summed E-state index contributed by atoms with van der Waals surface area (Å²) in [7, 11) is 1.53. The molecule has 2 rings (SSSR count). The van der Waals surface area contributed by atoms with Gasteiger partial charge in [-0.25, -0.2) is 0 Å². The third kappa shape index (κ3) is 3.35. The van der Waals surface area contributed by atoms with E-state index in [1.165, 1.54) is 13.2 Å². The summed E-state index contributed by atoms with van der Waals surface area (Å²) >= 11 is 0. The molecule has 0 heterocycles. The van der Waals surface area contributed by atoms with Crippen molar-refractivity contribution in [1.82, 2.24) is 0 Å². The van der Waals surface area contributed by atoms with Gasteiger partial charge in [-0.2, -0.15) is 0 Å². The number of nitro benzene ring substituents is 1. The third-order valence-corrected chi connectivity index (χ3v) is 3.46. The summed E-state index contributed by atoms with van der Waals surface area (Å²) in [5.74, 6) is 0.587. The fourth-order valence-corrected chi connectivity index (χ4v) is 2.36. The summed E-state index contributed by atoms with van der Waals surface area (Å²) in [5, 5.41) is 23.7. The van der Waals surface area contributed by atoms with E-state index in [1.807, 2.05) is 0 Å². The molecule has 0 radical (unpaired) electrons. The molecule has 1 aliphatic rings. The average Bonchev–Trinajstić information content (AvgIpc) is 2.41. The molecule has 0 aliphatic heterocycles. The minimum absolute atomic E-state index is 0.0481. The topological polar surface area (TPSA) is 84.6 Å². The minimum atomic E-state index is -0.403. The zero-order chi connectivity index (χ0) is 13.8. The highest BCUT2D eigenvalue weighted by Gasteiger charge is 2.22. The van der Waals surface area contributed by atoms with Crippen LogP contribution >= 0.6 is 0 Å². The minimum Gasteiger partial charge on any atom is -0.497 e. The largest absolute Gasteiger partial charge is 0.497 e. The van der Waals surface area contributed by atoms with Gasteiger partial charge in [0.1, 0.15) is 11.4 Å². The second-order valence-electron chi connectivity index (χ2n) is 4.79. The lowest BCUT2D eigenvalue weighted by Gasteiger charge is -2.26. The van der Waals surface area contributed by atoms with Gasteiger partial charge in [0, 0.05) is 18.2 Å². The van der Waals surface area contributed by atoms with Crippen molar-refractivity contribution < 1.29 is 14.8 Å². The maximum atomic E-state index is 11.0. The molecule has 0 aromatic heterocycles. The molecule has 0 bridgehead atoms. The van der Waals surface area contributed by atoms with E-state index in [1.54, 1.807) is 12.1 Å². The van der Waals surface area contributed by atoms with E-state index < -0.39 is 4.92 Å². The SMILES string of the molecule is COc1ccc([N+](=O)[O-])c(NC2CCC(O)CC2)c1. The Kier molecular flexibility index (Phi) is 4.21. The summed E-state index contributed by atoms with van der Waals surface area (Å²) < 4.78 is 5.09. The molecule has 2 N–H and O–H groups in total. The Morgan fingerprint density at radius 2 is 2.05 bits per heavy atom. The Morgan fingerprint density at radius 1 is 1.37 bits per heavy atom. The molecule has 6 nitrogen and oxygen atoms in total. The molecule has 1 aliphatic carbocycles. The Labute approximate surface area is 111 Å². The standard InChI is InChI=1S/C13H18N2O4/c1-19-11-6-7-13(15(17)18)12(8-11)14-9-2-4-10(16)5-3-9/h6-10,14,16H,2-5H2,1H3. The highest BCUT2D eigenvalue weighted by molar-refractivity contribution is 5.64. The van der Waals surface area contributed by atoms with Gasteiger partial charge in [-0.15, -0.1) is 0 Å². The molecule has 0 saturated heterocycles. The lowest BCUT2D eigenvalue weighted by atomic mass is 9.93. The summed E-state index contributed by atoms with van der Waals surface area (Å²) in [6.07, 6.45) is 2.86. The van der Waals surface area contributed by atoms with E-state index in [0.717, 1.165) is 25.7 Å². The average molecular weight is 266 g/mol.